The van der Waals surface area contributed by atoms with E-state index in [1.165, 1.54) is 255 Å². The van der Waals surface area contributed by atoms with E-state index in [0.717, 1.165) is 150 Å². The maximum absolute atomic E-state index is 2.80. The molecule has 0 spiro atoms. The molecule has 9 nitrogen and oxygen atoms in total. The molecule has 0 bridgehead atoms. The lowest BCUT2D eigenvalue weighted by atomic mass is 9.32. The summed E-state index contributed by atoms with van der Waals surface area (Å²) in [5.74, 6) is 0. The van der Waals surface area contributed by atoms with Crippen molar-refractivity contribution in [3.8, 4) is 22.3 Å². The summed E-state index contributed by atoms with van der Waals surface area (Å²) in [5, 5.41) is 16.2. The van der Waals surface area contributed by atoms with Gasteiger partial charge in [-0.25, -0.2) is 0 Å². The number of hydrogen-bond donors (Lipinski definition) is 0. The maximum atomic E-state index is 2.80. The van der Waals surface area contributed by atoms with E-state index in [9.17, 15) is 0 Å². The molecule has 33 rings (SSSR count). The van der Waals surface area contributed by atoms with E-state index in [1.54, 1.807) is 0 Å². The minimum absolute atomic E-state index is 0.0164. The summed E-state index contributed by atoms with van der Waals surface area (Å²) < 4.78 is 0. The number of nitrogens with zero attached hydrogens (tertiary/aromatic N) is 9. The summed E-state index contributed by atoms with van der Waals surface area (Å²) in [7, 11) is 0. The highest BCUT2D eigenvalue weighted by Gasteiger charge is 2.52. The molecular formula is C132H98B3N9. The second kappa shape index (κ2) is 30.6. The summed E-state index contributed by atoms with van der Waals surface area (Å²) in [4.78, 5) is 24.2. The van der Waals surface area contributed by atoms with Crippen molar-refractivity contribution in [2.75, 3.05) is 83.4 Å². The molecule has 680 valence electrons. The van der Waals surface area contributed by atoms with E-state index in [0.29, 0.717) is 0 Å². The van der Waals surface area contributed by atoms with Crippen molar-refractivity contribution in [2.24, 2.45) is 0 Å². The van der Waals surface area contributed by atoms with E-state index in [2.05, 4.69) is 420 Å². The quantitative estimate of drug-likeness (QED) is 0.118. The Labute approximate surface area is 839 Å². The molecule has 0 saturated carbocycles. The lowest BCUT2D eigenvalue weighted by Crippen LogP contribution is -2.63. The van der Waals surface area contributed by atoms with Crippen molar-refractivity contribution < 1.29 is 0 Å². The molecule has 12 aliphatic heterocycles. The second-order valence-electron chi connectivity index (χ2n) is 42.5. The van der Waals surface area contributed by atoms with Gasteiger partial charge in [-0.15, -0.1) is 0 Å². The first-order chi connectivity index (χ1) is 71.4. The molecule has 12 heterocycles. The van der Waals surface area contributed by atoms with Gasteiger partial charge in [0.05, 0.1) is 17.1 Å². The fourth-order valence-corrected chi connectivity index (χ4v) is 29.6. The van der Waals surface area contributed by atoms with Gasteiger partial charge in [0.25, 0.3) is 20.1 Å². The van der Waals surface area contributed by atoms with E-state index >= 15 is 0 Å². The monoisotopic (exact) mass is 1840 g/mol. The highest BCUT2D eigenvalue weighted by molar-refractivity contribution is 7.02. The predicted molar refractivity (Wildman–Crippen MR) is 611 cm³/mol. The molecule has 0 radical (unpaired) electrons. The van der Waals surface area contributed by atoms with Crippen LogP contribution in [-0.4, -0.2) is 59.4 Å². The normalized spacial score (nSPS) is 15.6. The molecule has 0 N–H and O–H groups in total. The zero-order chi connectivity index (χ0) is 93.5. The van der Waals surface area contributed by atoms with Crippen molar-refractivity contribution in [1.82, 2.24) is 0 Å². The van der Waals surface area contributed by atoms with Crippen LogP contribution in [0.2, 0.25) is 0 Å². The third-order valence-corrected chi connectivity index (χ3v) is 35.1. The third kappa shape index (κ3) is 11.4. The molecule has 0 amide bonds. The van der Waals surface area contributed by atoms with Crippen molar-refractivity contribution in [3.05, 3.63) is 409 Å². The Morgan fingerprint density at radius 2 is 0.382 bits per heavy atom. The van der Waals surface area contributed by atoms with Gasteiger partial charge in [-0.3, -0.25) is 0 Å². The van der Waals surface area contributed by atoms with Crippen LogP contribution in [0.3, 0.4) is 0 Å². The van der Waals surface area contributed by atoms with Gasteiger partial charge in [0, 0.05) is 142 Å². The summed E-state index contributed by atoms with van der Waals surface area (Å²) in [5.41, 5.74) is 53.7. The van der Waals surface area contributed by atoms with Crippen LogP contribution in [0.4, 0.5) is 119 Å². The third-order valence-electron chi connectivity index (χ3n) is 35.1. The Balaban J connectivity index is 0.518. The molecule has 0 aliphatic carbocycles. The van der Waals surface area contributed by atoms with Crippen LogP contribution in [0.5, 0.6) is 0 Å². The lowest BCUT2D eigenvalue weighted by Gasteiger charge is -2.48. The zero-order valence-corrected chi connectivity index (χ0v) is 80.3. The topological polar surface area (TPSA) is 29.2 Å². The Kier molecular flexibility index (Phi) is 17.0. The lowest BCUT2D eigenvalue weighted by molar-refractivity contribution is 0.767. The van der Waals surface area contributed by atoms with Gasteiger partial charge in [0.15, 0.2) is 0 Å². The maximum Gasteiger partial charge on any atom is 0.252 e. The number of aryl methyl sites for hydroxylation is 6. The van der Waals surface area contributed by atoms with Gasteiger partial charge in [0.1, 0.15) is 0 Å². The largest absolute Gasteiger partial charge is 0.342 e. The Morgan fingerprint density at radius 3 is 0.646 bits per heavy atom. The van der Waals surface area contributed by atoms with Crippen LogP contribution >= 0.6 is 0 Å². The van der Waals surface area contributed by atoms with Crippen LogP contribution in [0.15, 0.2) is 376 Å². The van der Waals surface area contributed by atoms with Crippen molar-refractivity contribution in [3.63, 3.8) is 0 Å². The molecule has 12 aliphatic rings. The van der Waals surface area contributed by atoms with Crippen LogP contribution < -0.4 is 93.3 Å². The number of benzene rings is 21. The van der Waals surface area contributed by atoms with Gasteiger partial charge < -0.3 is 44.1 Å². The molecule has 12 heteroatoms. The summed E-state index contributed by atoms with van der Waals surface area (Å²) >= 11 is 0. The Bertz CT molecular complexity index is 9020. The highest BCUT2D eigenvalue weighted by atomic mass is 15.2. The number of anilines is 21. The number of hydrogen-bond acceptors (Lipinski definition) is 9. The van der Waals surface area contributed by atoms with Crippen molar-refractivity contribution in [2.45, 2.75) is 77.0 Å². The predicted octanol–water partition coefficient (Wildman–Crippen LogP) is 26.3. The fourth-order valence-electron chi connectivity index (χ4n) is 29.6. The number of para-hydroxylation sites is 4. The smallest absolute Gasteiger partial charge is 0.252 e. The van der Waals surface area contributed by atoms with Crippen LogP contribution in [-0.2, 0) is 38.5 Å². The molecule has 0 saturated heterocycles. The molecule has 21 aromatic rings. The summed E-state index contributed by atoms with van der Waals surface area (Å²) in [6, 6.07) is 147. The number of rotatable bonds is 11. The minimum atomic E-state index is -0.0164. The van der Waals surface area contributed by atoms with Crippen LogP contribution in [0.1, 0.15) is 71.9 Å². The first kappa shape index (κ1) is 80.3. The minimum Gasteiger partial charge on any atom is -0.342 e. The molecule has 0 atom stereocenters. The molecule has 0 aromatic heterocycles. The molecule has 21 aromatic carbocycles. The van der Waals surface area contributed by atoms with Gasteiger partial charge in [0.2, 0.25) is 0 Å². The van der Waals surface area contributed by atoms with Gasteiger partial charge >= 0.3 is 0 Å². The Morgan fingerprint density at radius 1 is 0.167 bits per heavy atom. The summed E-state index contributed by atoms with van der Waals surface area (Å²) in [6.07, 6.45) is 12.7. The fraction of sp³-hybridized carbons (Fsp3) is 0.136. The van der Waals surface area contributed by atoms with E-state index in [-0.39, 0.29) is 20.1 Å². The second-order valence-corrected chi connectivity index (χ2v) is 42.5. The molecule has 144 heavy (non-hydrogen) atoms. The molecular weight excluding hydrogens is 1740 g/mol. The van der Waals surface area contributed by atoms with Gasteiger partial charge in [-0.1, -0.05) is 255 Å². The van der Waals surface area contributed by atoms with Crippen LogP contribution in [0, 0.1) is 0 Å². The van der Waals surface area contributed by atoms with E-state index in [4.69, 9.17) is 0 Å². The summed E-state index contributed by atoms with van der Waals surface area (Å²) in [6.45, 7) is 5.86. The average molecular weight is 1840 g/mol. The molecule has 0 unspecified atom stereocenters. The first-order valence-electron chi connectivity index (χ1n) is 52.8. The van der Waals surface area contributed by atoms with E-state index < -0.39 is 0 Å². The molecule has 0 fully saturated rings. The zero-order valence-electron chi connectivity index (χ0n) is 80.3. The standard InChI is InChI=1S/C132H98B3N9/c1-5-35-91(36-6-1)142(92-37-7-2-8-38-92)97-75-118-125-119(76-97)140-63-27-53-110-104-57-55-83(65-89(104)73-116(131(110)140)134(125)114-71-87-31-15-19-47-102(87)108-51-23-59-136(118)129(108)114)82-34-22-44-96(68-82)144(94-41-11-4-12-42-94)99-79-122-126-123(80-99)141-64-28-54-111-105-58-56-84(66-90(105)74-117(132(111)141)135(126)115-72-88-32-16-20-48-103(88)109-52-26-62-139(122)130(109)115)81-33-21-43-95(67-81)143(93-39-9-3-10-40-93)98-77-120-124-121(78-98)138-61-25-50-107-101-46-18-14-30-86(101)70-113(128(107)138)133(124)112-69-85-29-13-17-45-100(85)106-49-24-60-137(120)127(106)112/h1-22,29-48,55-58,65-80H,23-28,49-54,59-64H2. The number of fused-ring (bicyclic) bond motifs is 24. The first-order valence-corrected chi connectivity index (χ1v) is 52.8. The highest BCUT2D eigenvalue weighted by Crippen LogP contribution is 2.57. The van der Waals surface area contributed by atoms with Crippen molar-refractivity contribution in [1.29, 1.82) is 0 Å². The van der Waals surface area contributed by atoms with E-state index in [1.807, 2.05) is 0 Å². The Hall–Kier alpha value is -16.4. The SMILES string of the molecule is c1ccc(N(c2cccc(-c3ccc4c5c6c(cc4c3)B3c4cc7ccccc7c7c4N(CCC7)c4cc(N(c7ccccc7)c7cccc(-c8ccc9c%10c%11c(cc9c8)B8c9cc%12ccccc%12c%12c9N(CCC%12)c9cc(N(c%12ccccc%12)c%12ccccc%12)cc(c98)N%11CCC%10)c7)cc(c43)N6CCC5)c2)c2cc3c4c(c2)N2CCCc5c2c(cc2ccccc52)B4c2cc4ccccc4c4c2N3CCC4)cc1. The van der Waals surface area contributed by atoms with Gasteiger partial charge in [-0.2, -0.15) is 0 Å². The average Bonchev–Trinajstić information content (AvgIpc) is 0.686. The van der Waals surface area contributed by atoms with Crippen LogP contribution in [0.25, 0.3) is 86.9 Å². The van der Waals surface area contributed by atoms with Gasteiger partial charge in [-0.05, 0) is 368 Å². The van der Waals surface area contributed by atoms with Crippen molar-refractivity contribution >= 4 is 253 Å².